The van der Waals surface area contributed by atoms with E-state index in [9.17, 15) is 22.7 Å². The third-order valence-corrected chi connectivity index (χ3v) is 5.75. The van der Waals surface area contributed by atoms with Crippen LogP contribution in [-0.2, 0) is 16.4 Å². The standard InChI is InChI=1S/C22H21FN2O4S/c23-20-8-1-2-9-21(20)25-30(28,29)19-7-3-6-17(15-19)22(27)24-14-4-5-16-10-12-18(26)13-11-16/h1-3,6-13,15,25-26H,4-5,14H2,(H,24,27). The van der Waals surface area contributed by atoms with E-state index in [1.807, 2.05) is 12.1 Å². The molecule has 0 heterocycles. The predicted octanol–water partition coefficient (Wildman–Crippen LogP) is 3.69. The predicted molar refractivity (Wildman–Crippen MR) is 112 cm³/mol. The van der Waals surface area contributed by atoms with Crippen LogP contribution in [0.15, 0.2) is 77.7 Å². The first kappa shape index (κ1) is 21.3. The van der Waals surface area contributed by atoms with Gasteiger partial charge in [0.1, 0.15) is 11.6 Å². The monoisotopic (exact) mass is 428 g/mol. The van der Waals surface area contributed by atoms with E-state index in [-0.39, 0.29) is 21.9 Å². The van der Waals surface area contributed by atoms with Crippen molar-refractivity contribution in [2.45, 2.75) is 17.7 Å². The average Bonchev–Trinajstić information content (AvgIpc) is 2.74. The Bertz CT molecular complexity index is 1130. The number of benzene rings is 3. The summed E-state index contributed by atoms with van der Waals surface area (Å²) in [6.07, 6.45) is 1.41. The molecule has 0 aromatic heterocycles. The molecule has 0 bridgehead atoms. The van der Waals surface area contributed by atoms with Gasteiger partial charge in [0.2, 0.25) is 0 Å². The number of anilines is 1. The van der Waals surface area contributed by atoms with E-state index in [0.29, 0.717) is 13.0 Å². The van der Waals surface area contributed by atoms with Crippen molar-refractivity contribution in [3.05, 3.63) is 89.7 Å². The fourth-order valence-corrected chi connectivity index (χ4v) is 3.92. The molecule has 0 saturated carbocycles. The topological polar surface area (TPSA) is 95.5 Å². The zero-order valence-corrected chi connectivity index (χ0v) is 16.8. The van der Waals surface area contributed by atoms with E-state index in [2.05, 4.69) is 10.0 Å². The summed E-state index contributed by atoms with van der Waals surface area (Å²) < 4.78 is 41.0. The first-order valence-corrected chi connectivity index (χ1v) is 10.8. The van der Waals surface area contributed by atoms with E-state index in [4.69, 9.17) is 0 Å². The number of amides is 1. The van der Waals surface area contributed by atoms with Gasteiger partial charge in [-0.3, -0.25) is 9.52 Å². The Morgan fingerprint density at radius 2 is 1.70 bits per heavy atom. The van der Waals surface area contributed by atoms with Crippen LogP contribution >= 0.6 is 0 Å². The number of carbonyl (C=O) groups is 1. The summed E-state index contributed by atoms with van der Waals surface area (Å²) in [5, 5.41) is 12.0. The number of phenolic OH excluding ortho intramolecular Hbond substituents is 1. The molecule has 0 fully saturated rings. The van der Waals surface area contributed by atoms with E-state index in [0.717, 1.165) is 18.1 Å². The van der Waals surface area contributed by atoms with E-state index in [1.54, 1.807) is 12.1 Å². The number of hydrogen-bond acceptors (Lipinski definition) is 4. The number of hydrogen-bond donors (Lipinski definition) is 3. The second-order valence-corrected chi connectivity index (χ2v) is 8.32. The summed E-state index contributed by atoms with van der Waals surface area (Å²) in [6, 6.07) is 17.8. The van der Waals surface area contributed by atoms with Gasteiger partial charge in [0, 0.05) is 12.1 Å². The summed E-state index contributed by atoms with van der Waals surface area (Å²) >= 11 is 0. The highest BCUT2D eigenvalue weighted by molar-refractivity contribution is 7.92. The summed E-state index contributed by atoms with van der Waals surface area (Å²) in [6.45, 7) is 0.407. The zero-order valence-electron chi connectivity index (χ0n) is 16.0. The quantitative estimate of drug-likeness (QED) is 0.477. The number of para-hydroxylation sites is 1. The van der Waals surface area contributed by atoms with Gasteiger partial charge in [-0.05, 0) is 60.9 Å². The van der Waals surface area contributed by atoms with Crippen LogP contribution in [0.4, 0.5) is 10.1 Å². The molecule has 6 nitrogen and oxygen atoms in total. The number of rotatable bonds is 8. The molecule has 8 heteroatoms. The van der Waals surface area contributed by atoms with Gasteiger partial charge in [-0.15, -0.1) is 0 Å². The Labute approximate surface area is 174 Å². The minimum absolute atomic E-state index is 0.137. The maximum Gasteiger partial charge on any atom is 0.262 e. The van der Waals surface area contributed by atoms with Crippen LogP contribution in [0.3, 0.4) is 0 Å². The Morgan fingerprint density at radius 3 is 2.43 bits per heavy atom. The average molecular weight is 428 g/mol. The van der Waals surface area contributed by atoms with Gasteiger partial charge in [0.15, 0.2) is 0 Å². The molecule has 0 aliphatic heterocycles. The lowest BCUT2D eigenvalue weighted by atomic mass is 10.1. The first-order chi connectivity index (χ1) is 14.3. The molecule has 1 amide bonds. The van der Waals surface area contributed by atoms with Gasteiger partial charge in [0.05, 0.1) is 10.6 Å². The van der Waals surface area contributed by atoms with E-state index >= 15 is 0 Å². The third-order valence-electron chi connectivity index (χ3n) is 4.39. The minimum atomic E-state index is -4.05. The Morgan fingerprint density at radius 1 is 0.967 bits per heavy atom. The second kappa shape index (κ2) is 9.41. The number of carbonyl (C=O) groups excluding carboxylic acids is 1. The van der Waals surface area contributed by atoms with Crippen LogP contribution < -0.4 is 10.0 Å². The highest BCUT2D eigenvalue weighted by atomic mass is 32.2. The number of nitrogens with one attached hydrogen (secondary N) is 2. The van der Waals surface area contributed by atoms with Crippen molar-refractivity contribution in [2.75, 3.05) is 11.3 Å². The van der Waals surface area contributed by atoms with Gasteiger partial charge < -0.3 is 10.4 Å². The molecular formula is C22H21FN2O4S. The van der Waals surface area contributed by atoms with Crippen LogP contribution in [0.25, 0.3) is 0 Å². The van der Waals surface area contributed by atoms with Crippen molar-refractivity contribution < 1.29 is 22.7 Å². The van der Waals surface area contributed by atoms with Crippen LogP contribution in [0, 0.1) is 5.82 Å². The minimum Gasteiger partial charge on any atom is -0.508 e. The molecule has 0 radical (unpaired) electrons. The zero-order chi connectivity index (χ0) is 21.6. The van der Waals surface area contributed by atoms with Crippen molar-refractivity contribution in [3.63, 3.8) is 0 Å². The number of sulfonamides is 1. The normalized spacial score (nSPS) is 11.1. The highest BCUT2D eigenvalue weighted by Gasteiger charge is 2.18. The molecule has 3 aromatic rings. The molecule has 0 saturated heterocycles. The van der Waals surface area contributed by atoms with Crippen molar-refractivity contribution in [1.82, 2.24) is 5.32 Å². The molecule has 0 aliphatic carbocycles. The molecule has 3 aromatic carbocycles. The summed E-state index contributed by atoms with van der Waals surface area (Å²) in [5.74, 6) is -0.890. The molecule has 0 atom stereocenters. The van der Waals surface area contributed by atoms with Crippen molar-refractivity contribution in [3.8, 4) is 5.75 Å². The maximum absolute atomic E-state index is 13.8. The summed E-state index contributed by atoms with van der Waals surface area (Å²) in [4.78, 5) is 12.2. The Hall–Kier alpha value is -3.39. The van der Waals surface area contributed by atoms with Crippen LogP contribution in [-0.4, -0.2) is 26.0 Å². The largest absolute Gasteiger partial charge is 0.508 e. The molecule has 3 N–H and O–H groups in total. The lowest BCUT2D eigenvalue weighted by molar-refractivity contribution is 0.0953. The fourth-order valence-electron chi connectivity index (χ4n) is 2.81. The SMILES string of the molecule is O=C(NCCCc1ccc(O)cc1)c1cccc(S(=O)(=O)Nc2ccccc2F)c1. The van der Waals surface area contributed by atoms with Gasteiger partial charge in [-0.2, -0.15) is 0 Å². The molecule has 30 heavy (non-hydrogen) atoms. The van der Waals surface area contributed by atoms with Crippen LogP contribution in [0.1, 0.15) is 22.3 Å². The Kier molecular flexibility index (Phi) is 6.68. The van der Waals surface area contributed by atoms with Crippen LogP contribution in [0.2, 0.25) is 0 Å². The van der Waals surface area contributed by atoms with Crippen molar-refractivity contribution >= 4 is 21.6 Å². The second-order valence-electron chi connectivity index (χ2n) is 6.64. The number of aromatic hydroxyl groups is 1. The summed E-state index contributed by atoms with van der Waals surface area (Å²) in [7, 11) is -4.05. The van der Waals surface area contributed by atoms with Gasteiger partial charge in [0.25, 0.3) is 15.9 Å². The lowest BCUT2D eigenvalue weighted by Gasteiger charge is -2.10. The van der Waals surface area contributed by atoms with Gasteiger partial charge in [-0.25, -0.2) is 12.8 Å². The lowest BCUT2D eigenvalue weighted by Crippen LogP contribution is -2.25. The fraction of sp³-hybridized carbons (Fsp3) is 0.136. The van der Waals surface area contributed by atoms with Gasteiger partial charge >= 0.3 is 0 Å². The number of halogens is 1. The van der Waals surface area contributed by atoms with Gasteiger partial charge in [-0.1, -0.05) is 30.3 Å². The Balaban J connectivity index is 1.60. The maximum atomic E-state index is 13.8. The van der Waals surface area contributed by atoms with Crippen molar-refractivity contribution in [2.24, 2.45) is 0 Å². The van der Waals surface area contributed by atoms with E-state index in [1.165, 1.54) is 42.5 Å². The van der Waals surface area contributed by atoms with Crippen molar-refractivity contribution in [1.29, 1.82) is 0 Å². The molecular weight excluding hydrogens is 407 g/mol. The molecule has 0 aliphatic rings. The first-order valence-electron chi connectivity index (χ1n) is 9.29. The summed E-state index contributed by atoms with van der Waals surface area (Å²) in [5.41, 5.74) is 1.06. The van der Waals surface area contributed by atoms with Crippen LogP contribution in [0.5, 0.6) is 5.75 Å². The molecule has 0 spiro atoms. The molecule has 3 rings (SSSR count). The van der Waals surface area contributed by atoms with E-state index < -0.39 is 21.7 Å². The highest BCUT2D eigenvalue weighted by Crippen LogP contribution is 2.19. The third kappa shape index (κ3) is 5.57. The molecule has 0 unspecified atom stereocenters. The molecule has 156 valence electrons. The number of phenols is 1. The smallest absolute Gasteiger partial charge is 0.262 e. The number of aryl methyl sites for hydroxylation is 1.